The maximum absolute atomic E-state index is 11.4. The van der Waals surface area contributed by atoms with Gasteiger partial charge in [-0.05, 0) is 0 Å². The lowest BCUT2D eigenvalue weighted by Crippen LogP contribution is -2.40. The molecule has 0 heterocycles. The molecular weight excluding hydrogens is 182 g/mol. The van der Waals surface area contributed by atoms with Crippen LogP contribution in [0.3, 0.4) is 0 Å². The highest BCUT2D eigenvalue weighted by Crippen LogP contribution is 2.12. The van der Waals surface area contributed by atoms with E-state index in [1.54, 1.807) is 6.92 Å². The molecule has 0 rings (SSSR count). The first-order chi connectivity index (χ1) is 6.29. The van der Waals surface area contributed by atoms with Crippen LogP contribution in [0, 0.1) is 11.3 Å². The number of carbonyl (C=O) groups is 1. The van der Waals surface area contributed by atoms with Crippen molar-refractivity contribution in [3.05, 3.63) is 0 Å². The number of amides is 1. The van der Waals surface area contributed by atoms with E-state index in [1.807, 2.05) is 20.8 Å². The summed E-state index contributed by atoms with van der Waals surface area (Å²) in [4.78, 5) is 11.4. The maximum atomic E-state index is 11.4. The van der Waals surface area contributed by atoms with E-state index in [4.69, 9.17) is 10.9 Å². The van der Waals surface area contributed by atoms with E-state index in [0.29, 0.717) is 6.54 Å². The topological polar surface area (TPSA) is 87.7 Å². The van der Waals surface area contributed by atoms with Crippen molar-refractivity contribution in [1.82, 2.24) is 5.32 Å². The summed E-state index contributed by atoms with van der Waals surface area (Å²) in [6.45, 7) is 7.65. The molecule has 0 aromatic rings. The summed E-state index contributed by atoms with van der Waals surface area (Å²) in [7, 11) is 0. The average Bonchev–Trinajstić information content (AvgIpc) is 2.10. The van der Waals surface area contributed by atoms with Crippen molar-refractivity contribution < 1.29 is 10.0 Å². The fourth-order valence-corrected chi connectivity index (χ4v) is 0.714. The lowest BCUT2D eigenvalue weighted by Gasteiger charge is -2.19. The van der Waals surface area contributed by atoms with E-state index < -0.39 is 5.41 Å². The second-order valence-electron chi connectivity index (χ2n) is 4.39. The SMILES string of the molecule is CC(CNC(=O)C(C)(C)C)C(N)=NO. The average molecular weight is 201 g/mol. The van der Waals surface area contributed by atoms with E-state index in [2.05, 4.69) is 10.5 Å². The van der Waals surface area contributed by atoms with E-state index in [9.17, 15) is 4.79 Å². The first kappa shape index (κ1) is 12.7. The lowest BCUT2D eigenvalue weighted by molar-refractivity contribution is -0.128. The van der Waals surface area contributed by atoms with Crippen LogP contribution in [0.5, 0.6) is 0 Å². The first-order valence-electron chi connectivity index (χ1n) is 4.54. The molecule has 0 radical (unpaired) electrons. The zero-order valence-electron chi connectivity index (χ0n) is 9.16. The van der Waals surface area contributed by atoms with Crippen molar-refractivity contribution in [3.63, 3.8) is 0 Å². The summed E-state index contributed by atoms with van der Waals surface area (Å²) in [5.74, 6) is -0.0828. The van der Waals surface area contributed by atoms with Gasteiger partial charge in [0.05, 0.1) is 0 Å². The summed E-state index contributed by atoms with van der Waals surface area (Å²) in [5, 5.41) is 14.0. The van der Waals surface area contributed by atoms with Crippen molar-refractivity contribution in [2.75, 3.05) is 6.54 Å². The summed E-state index contributed by atoms with van der Waals surface area (Å²) in [6, 6.07) is 0. The van der Waals surface area contributed by atoms with E-state index in [-0.39, 0.29) is 17.7 Å². The van der Waals surface area contributed by atoms with Crippen LogP contribution in [0.4, 0.5) is 0 Å². The van der Waals surface area contributed by atoms with Gasteiger partial charge in [0.25, 0.3) is 0 Å². The highest BCUT2D eigenvalue weighted by atomic mass is 16.4. The van der Waals surface area contributed by atoms with Crippen molar-refractivity contribution in [3.8, 4) is 0 Å². The first-order valence-corrected chi connectivity index (χ1v) is 4.54. The van der Waals surface area contributed by atoms with Gasteiger partial charge in [0.15, 0.2) is 0 Å². The van der Waals surface area contributed by atoms with Gasteiger partial charge in [-0.1, -0.05) is 32.9 Å². The van der Waals surface area contributed by atoms with Crippen molar-refractivity contribution in [2.24, 2.45) is 22.2 Å². The zero-order chi connectivity index (χ0) is 11.4. The fraction of sp³-hybridized carbons (Fsp3) is 0.778. The largest absolute Gasteiger partial charge is 0.409 e. The molecule has 0 aliphatic carbocycles. The molecule has 0 spiro atoms. The fourth-order valence-electron chi connectivity index (χ4n) is 0.714. The lowest BCUT2D eigenvalue weighted by atomic mass is 9.95. The number of nitrogens with one attached hydrogen (secondary N) is 1. The van der Waals surface area contributed by atoms with E-state index in [1.165, 1.54) is 0 Å². The third kappa shape index (κ3) is 4.11. The molecule has 1 atom stereocenters. The molecule has 5 nitrogen and oxygen atoms in total. The van der Waals surface area contributed by atoms with Crippen molar-refractivity contribution >= 4 is 11.7 Å². The number of hydrogen-bond donors (Lipinski definition) is 3. The summed E-state index contributed by atoms with van der Waals surface area (Å²) >= 11 is 0. The van der Waals surface area contributed by atoms with Crippen molar-refractivity contribution in [2.45, 2.75) is 27.7 Å². The summed E-state index contributed by atoms with van der Waals surface area (Å²) < 4.78 is 0. The normalized spacial score (nSPS) is 15.0. The number of nitrogens with two attached hydrogens (primary N) is 1. The number of hydrogen-bond acceptors (Lipinski definition) is 3. The number of carbonyl (C=O) groups excluding carboxylic acids is 1. The molecule has 14 heavy (non-hydrogen) atoms. The third-order valence-electron chi connectivity index (χ3n) is 1.87. The Morgan fingerprint density at radius 1 is 1.57 bits per heavy atom. The van der Waals surface area contributed by atoms with Crippen LogP contribution < -0.4 is 11.1 Å². The van der Waals surface area contributed by atoms with Gasteiger partial charge in [-0.2, -0.15) is 0 Å². The third-order valence-corrected chi connectivity index (χ3v) is 1.87. The van der Waals surface area contributed by atoms with Gasteiger partial charge in [-0.25, -0.2) is 0 Å². The van der Waals surface area contributed by atoms with Crippen LogP contribution in [0.2, 0.25) is 0 Å². The molecule has 0 aromatic heterocycles. The molecule has 1 amide bonds. The van der Waals surface area contributed by atoms with Gasteiger partial charge in [0, 0.05) is 17.9 Å². The predicted octanol–water partition coefficient (Wildman–Crippen LogP) is 0.531. The van der Waals surface area contributed by atoms with Crippen LogP contribution >= 0.6 is 0 Å². The van der Waals surface area contributed by atoms with Gasteiger partial charge < -0.3 is 16.3 Å². The molecular formula is C9H19N3O2. The highest BCUT2D eigenvalue weighted by molar-refractivity contribution is 5.84. The van der Waals surface area contributed by atoms with Crippen molar-refractivity contribution in [1.29, 1.82) is 0 Å². The quantitative estimate of drug-likeness (QED) is 0.269. The molecule has 0 aromatic carbocycles. The molecule has 0 aliphatic heterocycles. The second kappa shape index (κ2) is 4.83. The Hall–Kier alpha value is -1.26. The molecule has 82 valence electrons. The van der Waals surface area contributed by atoms with Gasteiger partial charge >= 0.3 is 0 Å². The Labute approximate surface area is 84.4 Å². The Morgan fingerprint density at radius 3 is 2.43 bits per heavy atom. The van der Waals surface area contributed by atoms with Crippen LogP contribution in [0.1, 0.15) is 27.7 Å². The monoisotopic (exact) mass is 201 g/mol. The molecule has 1 unspecified atom stereocenters. The minimum absolute atomic E-state index is 0.0462. The predicted molar refractivity (Wildman–Crippen MR) is 55.0 cm³/mol. The van der Waals surface area contributed by atoms with E-state index >= 15 is 0 Å². The van der Waals surface area contributed by atoms with E-state index in [0.717, 1.165) is 0 Å². The maximum Gasteiger partial charge on any atom is 0.225 e. The standard InChI is InChI=1S/C9H19N3O2/c1-6(7(10)12-14)5-11-8(13)9(2,3)4/h6,14H,5H2,1-4H3,(H2,10,12)(H,11,13). The molecule has 0 saturated carbocycles. The minimum atomic E-state index is -0.412. The Bertz CT molecular complexity index is 231. The number of oxime groups is 1. The van der Waals surface area contributed by atoms with Gasteiger partial charge in [0.1, 0.15) is 5.84 Å². The number of nitrogens with zero attached hydrogens (tertiary/aromatic N) is 1. The molecule has 4 N–H and O–H groups in total. The van der Waals surface area contributed by atoms with Gasteiger partial charge in [-0.3, -0.25) is 4.79 Å². The molecule has 0 fully saturated rings. The molecule has 5 heteroatoms. The zero-order valence-corrected chi connectivity index (χ0v) is 9.16. The van der Waals surface area contributed by atoms with Crippen LogP contribution in [-0.2, 0) is 4.79 Å². The van der Waals surface area contributed by atoms with Gasteiger partial charge in [-0.15, -0.1) is 0 Å². The number of rotatable bonds is 3. The summed E-state index contributed by atoms with van der Waals surface area (Å²) in [5.41, 5.74) is 4.95. The molecule has 0 bridgehead atoms. The number of amidine groups is 1. The van der Waals surface area contributed by atoms with Crippen LogP contribution in [0.15, 0.2) is 5.16 Å². The Morgan fingerprint density at radius 2 is 2.07 bits per heavy atom. The Kier molecular flexibility index (Phi) is 4.40. The molecule has 0 aliphatic rings. The smallest absolute Gasteiger partial charge is 0.225 e. The van der Waals surface area contributed by atoms with Gasteiger partial charge in [0.2, 0.25) is 5.91 Å². The second-order valence-corrected chi connectivity index (χ2v) is 4.39. The molecule has 0 saturated heterocycles. The van der Waals surface area contributed by atoms with Crippen LogP contribution in [0.25, 0.3) is 0 Å². The highest BCUT2D eigenvalue weighted by Gasteiger charge is 2.21. The Balaban J connectivity index is 4.02. The van der Waals surface area contributed by atoms with Crippen LogP contribution in [-0.4, -0.2) is 23.5 Å². The minimum Gasteiger partial charge on any atom is -0.409 e. The summed E-state index contributed by atoms with van der Waals surface area (Å²) in [6.07, 6.45) is 0.